The van der Waals surface area contributed by atoms with Crippen molar-refractivity contribution in [3.8, 4) is 17.2 Å². The van der Waals surface area contributed by atoms with Crippen LogP contribution >= 0.6 is 0 Å². The molecule has 16 heavy (non-hydrogen) atoms. The number of hydrogen-bond acceptors (Lipinski definition) is 2. The Labute approximate surface area is 95.2 Å². The highest BCUT2D eigenvalue weighted by atomic mass is 14.7. The van der Waals surface area contributed by atoms with Crippen molar-refractivity contribution in [3.63, 3.8) is 0 Å². The predicted molar refractivity (Wildman–Crippen MR) is 63.9 cm³/mol. The van der Waals surface area contributed by atoms with E-state index in [0.29, 0.717) is 5.69 Å². The maximum Gasteiger partial charge on any atom is 0.148 e. The van der Waals surface area contributed by atoms with Crippen molar-refractivity contribution in [1.82, 2.24) is 4.98 Å². The molecule has 0 aliphatic heterocycles. The minimum Gasteiger partial charge on any atom is -0.245 e. The molecule has 0 fully saturated rings. The monoisotopic (exact) mass is 208 g/mol. The average molecular weight is 208 g/mol. The topological polar surface area (TPSA) is 36.7 Å². The lowest BCUT2D eigenvalue weighted by Crippen LogP contribution is -1.91. The van der Waals surface area contributed by atoms with E-state index in [-0.39, 0.29) is 0 Å². The van der Waals surface area contributed by atoms with E-state index in [9.17, 15) is 0 Å². The van der Waals surface area contributed by atoms with Gasteiger partial charge in [0.1, 0.15) is 11.8 Å². The minimum atomic E-state index is 0.483. The van der Waals surface area contributed by atoms with Gasteiger partial charge in [-0.2, -0.15) is 5.26 Å². The summed E-state index contributed by atoms with van der Waals surface area (Å²) in [5.41, 5.74) is 4.83. The van der Waals surface area contributed by atoms with E-state index in [1.165, 1.54) is 5.56 Å². The molecule has 1 heterocycles. The van der Waals surface area contributed by atoms with Crippen LogP contribution in [0.15, 0.2) is 36.5 Å². The number of nitrogens with zero attached hydrogens (tertiary/aromatic N) is 2. The molecule has 0 radical (unpaired) electrons. The molecule has 2 nitrogen and oxygen atoms in total. The molecule has 0 aliphatic rings. The molecular weight excluding hydrogens is 196 g/mol. The highest BCUT2D eigenvalue weighted by molar-refractivity contribution is 5.72. The Morgan fingerprint density at radius 1 is 1.12 bits per heavy atom. The van der Waals surface area contributed by atoms with Crippen molar-refractivity contribution < 1.29 is 0 Å². The quantitative estimate of drug-likeness (QED) is 0.721. The summed E-state index contributed by atoms with van der Waals surface area (Å²) in [5, 5.41) is 9.03. The molecule has 0 amide bonds. The summed E-state index contributed by atoms with van der Waals surface area (Å²) >= 11 is 0. The van der Waals surface area contributed by atoms with Crippen LogP contribution in [0, 0.1) is 25.2 Å². The Morgan fingerprint density at radius 3 is 2.69 bits per heavy atom. The van der Waals surface area contributed by atoms with E-state index in [4.69, 9.17) is 5.26 Å². The second-order valence-electron chi connectivity index (χ2n) is 3.83. The molecule has 0 atom stereocenters. The van der Waals surface area contributed by atoms with Crippen molar-refractivity contribution >= 4 is 0 Å². The van der Waals surface area contributed by atoms with Gasteiger partial charge in [0, 0.05) is 11.8 Å². The number of rotatable bonds is 1. The molecule has 0 saturated carbocycles. The lowest BCUT2D eigenvalue weighted by Gasteiger charge is -2.08. The highest BCUT2D eigenvalue weighted by Crippen LogP contribution is 2.26. The summed E-state index contributed by atoms with van der Waals surface area (Å²) in [6.07, 6.45) is 1.65. The molecule has 2 heteroatoms. The number of aromatic nitrogens is 1. The van der Waals surface area contributed by atoms with Crippen LogP contribution in [0.2, 0.25) is 0 Å². The Hall–Kier alpha value is -2.14. The smallest absolute Gasteiger partial charge is 0.148 e. The van der Waals surface area contributed by atoms with Gasteiger partial charge in [-0.15, -0.1) is 0 Å². The van der Waals surface area contributed by atoms with Gasteiger partial charge in [-0.1, -0.05) is 23.8 Å². The number of benzene rings is 1. The Morgan fingerprint density at radius 2 is 1.94 bits per heavy atom. The van der Waals surface area contributed by atoms with Gasteiger partial charge in [-0.25, -0.2) is 4.98 Å². The summed E-state index contributed by atoms with van der Waals surface area (Å²) < 4.78 is 0. The van der Waals surface area contributed by atoms with Crippen molar-refractivity contribution in [3.05, 3.63) is 53.3 Å². The molecule has 1 aromatic heterocycles. The lowest BCUT2D eigenvalue weighted by atomic mass is 9.97. The van der Waals surface area contributed by atoms with Crippen LogP contribution in [-0.2, 0) is 0 Å². The molecule has 0 spiro atoms. The fourth-order valence-corrected chi connectivity index (χ4v) is 1.74. The van der Waals surface area contributed by atoms with E-state index in [1.807, 2.05) is 26.0 Å². The zero-order valence-electron chi connectivity index (χ0n) is 9.36. The van der Waals surface area contributed by atoms with E-state index < -0.39 is 0 Å². The van der Waals surface area contributed by atoms with Crippen LogP contribution in [0.5, 0.6) is 0 Å². The molecular formula is C14H12N2. The molecule has 1 aromatic carbocycles. The van der Waals surface area contributed by atoms with E-state index in [1.54, 1.807) is 6.20 Å². The minimum absolute atomic E-state index is 0.483. The fraction of sp³-hybridized carbons (Fsp3) is 0.143. The van der Waals surface area contributed by atoms with E-state index in [2.05, 4.69) is 29.3 Å². The normalized spacial score (nSPS) is 9.81. The molecule has 0 bridgehead atoms. The standard InChI is InChI=1S/C14H12N2/c1-10-5-6-11(2)13(8-10)12-4-3-7-16-14(12)9-15/h3-8H,1-2H3. The Balaban J connectivity index is 2.68. The summed E-state index contributed by atoms with van der Waals surface area (Å²) in [4.78, 5) is 4.08. The maximum atomic E-state index is 9.03. The van der Waals surface area contributed by atoms with Crippen molar-refractivity contribution in [1.29, 1.82) is 5.26 Å². The molecule has 0 N–H and O–H groups in total. The van der Waals surface area contributed by atoms with Crippen molar-refractivity contribution in [2.45, 2.75) is 13.8 Å². The number of pyridine rings is 1. The van der Waals surface area contributed by atoms with Crippen LogP contribution in [-0.4, -0.2) is 4.98 Å². The third-order valence-electron chi connectivity index (χ3n) is 2.60. The van der Waals surface area contributed by atoms with Gasteiger partial charge < -0.3 is 0 Å². The summed E-state index contributed by atoms with van der Waals surface area (Å²) in [7, 11) is 0. The van der Waals surface area contributed by atoms with Crippen molar-refractivity contribution in [2.24, 2.45) is 0 Å². The largest absolute Gasteiger partial charge is 0.245 e. The van der Waals surface area contributed by atoms with Crippen molar-refractivity contribution in [2.75, 3.05) is 0 Å². The Kier molecular flexibility index (Phi) is 2.70. The Bertz CT molecular complexity index is 565. The van der Waals surface area contributed by atoms with Gasteiger partial charge in [0.15, 0.2) is 0 Å². The zero-order valence-corrected chi connectivity index (χ0v) is 9.36. The first-order valence-corrected chi connectivity index (χ1v) is 5.15. The van der Waals surface area contributed by atoms with Gasteiger partial charge in [0.05, 0.1) is 0 Å². The first-order chi connectivity index (χ1) is 7.72. The first-order valence-electron chi connectivity index (χ1n) is 5.15. The van der Waals surface area contributed by atoms with E-state index >= 15 is 0 Å². The van der Waals surface area contributed by atoms with Crippen LogP contribution in [0.1, 0.15) is 16.8 Å². The highest BCUT2D eigenvalue weighted by Gasteiger charge is 2.07. The second-order valence-corrected chi connectivity index (χ2v) is 3.83. The van der Waals surface area contributed by atoms with Gasteiger partial charge in [0.2, 0.25) is 0 Å². The van der Waals surface area contributed by atoms with Gasteiger partial charge in [-0.05, 0) is 37.1 Å². The molecule has 2 rings (SSSR count). The molecule has 0 saturated heterocycles. The van der Waals surface area contributed by atoms with Crippen LogP contribution in [0.3, 0.4) is 0 Å². The van der Waals surface area contributed by atoms with Gasteiger partial charge in [-0.3, -0.25) is 0 Å². The number of hydrogen-bond donors (Lipinski definition) is 0. The average Bonchev–Trinajstić information content (AvgIpc) is 2.32. The third-order valence-corrected chi connectivity index (χ3v) is 2.60. The van der Waals surface area contributed by atoms with Gasteiger partial charge in [0.25, 0.3) is 0 Å². The number of nitriles is 1. The molecule has 78 valence electrons. The molecule has 0 aliphatic carbocycles. The van der Waals surface area contributed by atoms with Crippen LogP contribution in [0.4, 0.5) is 0 Å². The summed E-state index contributed by atoms with van der Waals surface area (Å²) in [6, 6.07) is 12.2. The SMILES string of the molecule is Cc1ccc(C)c(-c2cccnc2C#N)c1. The molecule has 0 unspecified atom stereocenters. The second kappa shape index (κ2) is 4.16. The van der Waals surface area contributed by atoms with E-state index in [0.717, 1.165) is 16.7 Å². The lowest BCUT2D eigenvalue weighted by molar-refractivity contribution is 1.26. The molecule has 2 aromatic rings. The van der Waals surface area contributed by atoms with Crippen LogP contribution in [0.25, 0.3) is 11.1 Å². The number of aryl methyl sites for hydroxylation is 2. The maximum absolute atomic E-state index is 9.03. The predicted octanol–water partition coefficient (Wildman–Crippen LogP) is 3.24. The zero-order chi connectivity index (χ0) is 11.5. The summed E-state index contributed by atoms with van der Waals surface area (Å²) in [6.45, 7) is 4.09. The first kappa shape index (κ1) is 10.4. The van der Waals surface area contributed by atoms with Gasteiger partial charge >= 0.3 is 0 Å². The summed E-state index contributed by atoms with van der Waals surface area (Å²) in [5.74, 6) is 0. The van der Waals surface area contributed by atoms with Crippen LogP contribution < -0.4 is 0 Å². The third kappa shape index (κ3) is 1.80. The fourth-order valence-electron chi connectivity index (χ4n) is 1.74.